The highest BCUT2D eigenvalue weighted by Gasteiger charge is 2.30. The van der Waals surface area contributed by atoms with E-state index in [0.29, 0.717) is 13.1 Å². The van der Waals surface area contributed by atoms with Crippen LogP contribution in [0, 0.1) is 5.92 Å². The second-order valence-corrected chi connectivity index (χ2v) is 7.74. The molecule has 0 spiro atoms. The van der Waals surface area contributed by atoms with E-state index in [2.05, 4.69) is 10.4 Å². The van der Waals surface area contributed by atoms with Gasteiger partial charge in [-0.3, -0.25) is 4.68 Å². The molecule has 0 unspecified atom stereocenters. The van der Waals surface area contributed by atoms with Crippen LogP contribution in [-0.4, -0.2) is 38.9 Å². The summed E-state index contributed by atoms with van der Waals surface area (Å²) in [6, 6.07) is 9.88. The zero-order valence-corrected chi connectivity index (χ0v) is 15.8. The molecule has 1 aromatic carbocycles. The van der Waals surface area contributed by atoms with Gasteiger partial charge in [0, 0.05) is 31.4 Å². The number of amides is 2. The number of piperidine rings is 1. The number of urea groups is 1. The Kier molecular flexibility index (Phi) is 5.16. The predicted octanol–water partition coefficient (Wildman–Crippen LogP) is 2.95. The van der Waals surface area contributed by atoms with Crippen molar-refractivity contribution >= 4 is 6.03 Å². The summed E-state index contributed by atoms with van der Waals surface area (Å²) in [6.07, 6.45) is 6.16. The van der Waals surface area contributed by atoms with Gasteiger partial charge in [-0.2, -0.15) is 5.10 Å². The average molecular weight is 368 g/mol. The molecule has 2 amide bonds. The standard InChI is InChI=1S/C21H28N4O2/c1-24-19-9-5-8-18(17(19)14-22-24)23-21(27)25-12-10-16(11-13-25)20(26)15-6-3-2-4-7-15/h2-4,6-7,14,16,18,20,26H,5,8-13H2,1H3,(H,23,27)/t18-,20+/m1/s1. The monoisotopic (exact) mass is 368 g/mol. The van der Waals surface area contributed by atoms with Gasteiger partial charge in [0.05, 0.1) is 18.3 Å². The lowest BCUT2D eigenvalue weighted by atomic mass is 9.87. The molecule has 0 radical (unpaired) electrons. The Balaban J connectivity index is 1.33. The summed E-state index contributed by atoms with van der Waals surface area (Å²) in [5.74, 6) is 0.205. The van der Waals surface area contributed by atoms with Crippen molar-refractivity contribution in [3.05, 3.63) is 53.3 Å². The minimum atomic E-state index is -0.451. The van der Waals surface area contributed by atoms with E-state index in [1.54, 1.807) is 0 Å². The molecule has 27 heavy (non-hydrogen) atoms. The lowest BCUT2D eigenvalue weighted by Gasteiger charge is -2.35. The molecule has 1 aliphatic carbocycles. The van der Waals surface area contributed by atoms with Crippen molar-refractivity contribution in [1.29, 1.82) is 0 Å². The van der Waals surface area contributed by atoms with Gasteiger partial charge in [0.2, 0.25) is 0 Å². The fourth-order valence-corrected chi connectivity index (χ4v) is 4.44. The molecule has 6 nitrogen and oxygen atoms in total. The number of aliphatic hydroxyl groups excluding tert-OH is 1. The predicted molar refractivity (Wildman–Crippen MR) is 103 cm³/mol. The first-order valence-electron chi connectivity index (χ1n) is 9.92. The number of hydrogen-bond donors (Lipinski definition) is 2. The summed E-state index contributed by atoms with van der Waals surface area (Å²) in [4.78, 5) is 14.6. The molecule has 1 saturated heterocycles. The van der Waals surface area contributed by atoms with Crippen molar-refractivity contribution in [3.8, 4) is 0 Å². The Morgan fingerprint density at radius 2 is 1.96 bits per heavy atom. The highest BCUT2D eigenvalue weighted by molar-refractivity contribution is 5.75. The van der Waals surface area contributed by atoms with Crippen LogP contribution in [-0.2, 0) is 13.5 Å². The number of hydrogen-bond acceptors (Lipinski definition) is 3. The zero-order valence-electron chi connectivity index (χ0n) is 15.8. The maximum absolute atomic E-state index is 12.8. The number of fused-ring (bicyclic) bond motifs is 1. The van der Waals surface area contributed by atoms with Gasteiger partial charge in [-0.15, -0.1) is 0 Å². The molecule has 6 heteroatoms. The van der Waals surface area contributed by atoms with Crippen molar-refractivity contribution in [2.45, 2.75) is 44.2 Å². The number of carbonyl (C=O) groups is 1. The van der Waals surface area contributed by atoms with E-state index >= 15 is 0 Å². The molecule has 144 valence electrons. The van der Waals surface area contributed by atoms with Crippen molar-refractivity contribution in [1.82, 2.24) is 20.0 Å². The van der Waals surface area contributed by atoms with Gasteiger partial charge < -0.3 is 15.3 Å². The Morgan fingerprint density at radius 1 is 1.22 bits per heavy atom. The maximum Gasteiger partial charge on any atom is 0.317 e. The summed E-state index contributed by atoms with van der Waals surface area (Å²) < 4.78 is 1.92. The summed E-state index contributed by atoms with van der Waals surface area (Å²) in [5, 5.41) is 18.2. The fourth-order valence-electron chi connectivity index (χ4n) is 4.44. The number of aryl methyl sites for hydroxylation is 1. The van der Waals surface area contributed by atoms with E-state index in [4.69, 9.17) is 0 Å². The Labute approximate surface area is 160 Å². The number of likely N-dealkylation sites (tertiary alicyclic amines) is 1. The second-order valence-electron chi connectivity index (χ2n) is 7.74. The second kappa shape index (κ2) is 7.72. The number of rotatable bonds is 3. The highest BCUT2D eigenvalue weighted by Crippen LogP contribution is 2.32. The van der Waals surface area contributed by atoms with Gasteiger partial charge in [0.1, 0.15) is 0 Å². The first-order valence-corrected chi connectivity index (χ1v) is 9.92. The van der Waals surface area contributed by atoms with Gasteiger partial charge in [0.25, 0.3) is 0 Å². The Bertz CT molecular complexity index is 781. The van der Waals surface area contributed by atoms with Gasteiger partial charge in [-0.1, -0.05) is 30.3 Å². The zero-order chi connectivity index (χ0) is 18.8. The van der Waals surface area contributed by atoms with Crippen LogP contribution in [0.4, 0.5) is 4.79 Å². The summed E-state index contributed by atoms with van der Waals surface area (Å²) in [5.41, 5.74) is 3.36. The van der Waals surface area contributed by atoms with Gasteiger partial charge in [0.15, 0.2) is 0 Å². The molecule has 2 heterocycles. The van der Waals surface area contributed by atoms with E-state index in [0.717, 1.165) is 43.2 Å². The molecule has 1 aliphatic heterocycles. The van der Waals surface area contributed by atoms with Crippen LogP contribution in [0.3, 0.4) is 0 Å². The largest absolute Gasteiger partial charge is 0.388 e. The first kappa shape index (κ1) is 18.0. The molecule has 4 rings (SSSR count). The van der Waals surface area contributed by atoms with Crippen molar-refractivity contribution < 1.29 is 9.90 Å². The number of aromatic nitrogens is 2. The number of aliphatic hydroxyl groups is 1. The third-order valence-corrected chi connectivity index (χ3v) is 6.09. The fraction of sp³-hybridized carbons (Fsp3) is 0.524. The summed E-state index contributed by atoms with van der Waals surface area (Å²) in [7, 11) is 1.96. The topological polar surface area (TPSA) is 70.4 Å². The molecule has 2 aliphatic rings. The molecule has 2 atom stereocenters. The lowest BCUT2D eigenvalue weighted by Crippen LogP contribution is -2.46. The quantitative estimate of drug-likeness (QED) is 0.875. The lowest BCUT2D eigenvalue weighted by molar-refractivity contribution is 0.0660. The summed E-state index contributed by atoms with van der Waals surface area (Å²) >= 11 is 0. The SMILES string of the molecule is Cn1ncc2c1CCC[C@H]2NC(=O)N1CCC([C@@H](O)c2ccccc2)CC1. The van der Waals surface area contributed by atoms with Crippen molar-refractivity contribution in [2.75, 3.05) is 13.1 Å². The normalized spacial score (nSPS) is 21.6. The van der Waals surface area contributed by atoms with Crippen molar-refractivity contribution in [2.24, 2.45) is 13.0 Å². The van der Waals surface area contributed by atoms with Gasteiger partial charge >= 0.3 is 6.03 Å². The van der Waals surface area contributed by atoms with Crippen LogP contribution in [0.5, 0.6) is 0 Å². The van der Waals surface area contributed by atoms with E-state index in [1.165, 1.54) is 5.69 Å². The average Bonchev–Trinajstić information content (AvgIpc) is 3.10. The minimum Gasteiger partial charge on any atom is -0.388 e. The van der Waals surface area contributed by atoms with Crippen LogP contribution < -0.4 is 5.32 Å². The number of benzene rings is 1. The van der Waals surface area contributed by atoms with Crippen LogP contribution >= 0.6 is 0 Å². The summed E-state index contributed by atoms with van der Waals surface area (Å²) in [6.45, 7) is 1.38. The van der Waals surface area contributed by atoms with Crippen molar-refractivity contribution in [3.63, 3.8) is 0 Å². The first-order chi connectivity index (χ1) is 13.1. The van der Waals surface area contributed by atoms with Gasteiger partial charge in [-0.05, 0) is 43.6 Å². The minimum absolute atomic E-state index is 0.00403. The molecule has 2 N–H and O–H groups in total. The van der Waals surface area contributed by atoms with Crippen LogP contribution in [0.1, 0.15) is 54.6 Å². The molecule has 1 aromatic heterocycles. The molecule has 2 aromatic rings. The highest BCUT2D eigenvalue weighted by atomic mass is 16.3. The number of nitrogens with one attached hydrogen (secondary N) is 1. The smallest absolute Gasteiger partial charge is 0.317 e. The van der Waals surface area contributed by atoms with Gasteiger partial charge in [-0.25, -0.2) is 4.79 Å². The maximum atomic E-state index is 12.8. The van der Waals surface area contributed by atoms with Crippen LogP contribution in [0.25, 0.3) is 0 Å². The molecule has 1 fully saturated rings. The third-order valence-electron chi connectivity index (χ3n) is 6.09. The molecular weight excluding hydrogens is 340 g/mol. The molecular formula is C21H28N4O2. The van der Waals surface area contributed by atoms with Crippen LogP contribution in [0.15, 0.2) is 36.5 Å². The van der Waals surface area contributed by atoms with E-state index in [1.807, 2.05) is 53.2 Å². The van der Waals surface area contributed by atoms with E-state index < -0.39 is 6.10 Å². The number of carbonyl (C=O) groups excluding carboxylic acids is 1. The number of nitrogens with zero attached hydrogens (tertiary/aromatic N) is 3. The van der Waals surface area contributed by atoms with Crippen LogP contribution in [0.2, 0.25) is 0 Å². The van der Waals surface area contributed by atoms with E-state index in [-0.39, 0.29) is 18.0 Å². The Hall–Kier alpha value is -2.34. The molecule has 0 saturated carbocycles. The third kappa shape index (κ3) is 3.72. The Morgan fingerprint density at radius 3 is 2.70 bits per heavy atom. The van der Waals surface area contributed by atoms with E-state index in [9.17, 15) is 9.90 Å². The molecule has 0 bridgehead atoms.